The minimum absolute atomic E-state index is 0.137. The van der Waals surface area contributed by atoms with Crippen molar-refractivity contribution in [1.82, 2.24) is 5.32 Å². The van der Waals surface area contributed by atoms with Gasteiger partial charge in [-0.1, -0.05) is 353 Å². The van der Waals surface area contributed by atoms with Crippen LogP contribution in [-0.4, -0.2) is 46.1 Å². The fourth-order valence-corrected chi connectivity index (χ4v) is 10.9. The Balaban J connectivity index is 3.47. The molecule has 4 N–H and O–H groups in total. The van der Waals surface area contributed by atoms with E-state index in [1.54, 1.807) is 0 Å². The van der Waals surface area contributed by atoms with Gasteiger partial charge in [-0.25, -0.2) is 0 Å². The van der Waals surface area contributed by atoms with Crippen molar-refractivity contribution < 1.29 is 20.1 Å². The predicted molar refractivity (Wildman–Crippen MR) is 324 cm³/mol. The monoisotopic (exact) mass is 1030 g/mol. The fraction of sp³-hybridized carbons (Fsp3) is 0.926. The van der Waals surface area contributed by atoms with Gasteiger partial charge in [0.1, 0.15) is 6.10 Å². The summed E-state index contributed by atoms with van der Waals surface area (Å²) in [5, 5.41) is 33.9. The van der Waals surface area contributed by atoms with Crippen molar-refractivity contribution in [2.75, 3.05) is 6.61 Å². The molecule has 0 heterocycles. The molecular formula is C68H133NO4. The number of allylic oxidation sites excluding steroid dienone is 4. The molecule has 1 amide bonds. The van der Waals surface area contributed by atoms with E-state index in [-0.39, 0.29) is 12.5 Å². The number of rotatable bonds is 63. The van der Waals surface area contributed by atoms with Gasteiger partial charge in [0.25, 0.3) is 0 Å². The van der Waals surface area contributed by atoms with Gasteiger partial charge in [0.2, 0.25) is 5.91 Å². The first-order valence-electron chi connectivity index (χ1n) is 33.6. The number of amides is 1. The van der Waals surface area contributed by atoms with Crippen LogP contribution >= 0.6 is 0 Å². The van der Waals surface area contributed by atoms with Crippen molar-refractivity contribution in [1.29, 1.82) is 0 Å². The van der Waals surface area contributed by atoms with Crippen LogP contribution in [0.1, 0.15) is 380 Å². The molecule has 0 aromatic rings. The van der Waals surface area contributed by atoms with E-state index in [2.05, 4.69) is 43.5 Å². The zero-order valence-corrected chi connectivity index (χ0v) is 49.8. The highest BCUT2D eigenvalue weighted by Gasteiger charge is 2.26. The smallest absolute Gasteiger partial charge is 0.220 e. The fourth-order valence-electron chi connectivity index (χ4n) is 10.9. The van der Waals surface area contributed by atoms with Crippen LogP contribution in [-0.2, 0) is 4.79 Å². The largest absolute Gasteiger partial charge is 0.394 e. The van der Waals surface area contributed by atoms with Crippen LogP contribution in [0.5, 0.6) is 0 Å². The number of aliphatic hydroxyl groups is 3. The average molecular weight is 1030 g/mol. The summed E-state index contributed by atoms with van der Waals surface area (Å²) in [5.41, 5.74) is 0. The average Bonchev–Trinajstić information content (AvgIpc) is 3.40. The number of carbonyl (C=O) groups is 1. The number of aliphatic hydroxyl groups excluding tert-OH is 3. The van der Waals surface area contributed by atoms with Crippen LogP contribution in [0, 0.1) is 0 Å². The van der Waals surface area contributed by atoms with E-state index in [1.807, 2.05) is 0 Å². The van der Waals surface area contributed by atoms with E-state index < -0.39 is 18.2 Å². The van der Waals surface area contributed by atoms with Gasteiger partial charge in [-0.2, -0.15) is 0 Å². The van der Waals surface area contributed by atoms with Crippen LogP contribution in [0.4, 0.5) is 0 Å². The summed E-state index contributed by atoms with van der Waals surface area (Å²) in [6.45, 7) is 4.23. The number of hydrogen-bond acceptors (Lipinski definition) is 4. The molecule has 0 radical (unpaired) electrons. The second kappa shape index (κ2) is 63.4. The number of hydrogen-bond donors (Lipinski definition) is 4. The molecule has 0 aromatic heterocycles. The van der Waals surface area contributed by atoms with E-state index in [0.29, 0.717) is 12.8 Å². The van der Waals surface area contributed by atoms with Crippen molar-refractivity contribution in [2.45, 2.75) is 398 Å². The maximum absolute atomic E-state index is 12.6. The normalized spacial score (nSPS) is 13.2. The summed E-state index contributed by atoms with van der Waals surface area (Å²) in [4.78, 5) is 12.6. The molecule has 0 aliphatic rings. The molecule has 434 valence electrons. The van der Waals surface area contributed by atoms with E-state index in [1.165, 1.54) is 315 Å². The van der Waals surface area contributed by atoms with Gasteiger partial charge in [0, 0.05) is 6.42 Å². The Hall–Kier alpha value is -1.17. The third-order valence-corrected chi connectivity index (χ3v) is 16.1. The van der Waals surface area contributed by atoms with Crippen molar-refractivity contribution in [3.8, 4) is 0 Å². The molecule has 0 aromatic carbocycles. The summed E-state index contributed by atoms with van der Waals surface area (Å²) < 4.78 is 0. The Morgan fingerprint density at radius 3 is 0.863 bits per heavy atom. The van der Waals surface area contributed by atoms with Crippen molar-refractivity contribution in [3.63, 3.8) is 0 Å². The molecule has 0 fully saturated rings. The predicted octanol–water partition coefficient (Wildman–Crippen LogP) is 21.6. The van der Waals surface area contributed by atoms with Gasteiger partial charge in [0.05, 0.1) is 18.8 Å². The van der Waals surface area contributed by atoms with E-state index in [0.717, 1.165) is 38.5 Å². The van der Waals surface area contributed by atoms with Gasteiger partial charge in [0.15, 0.2) is 0 Å². The summed E-state index contributed by atoms with van der Waals surface area (Å²) in [6, 6.07) is -0.809. The molecule has 0 spiro atoms. The molecule has 5 nitrogen and oxygen atoms in total. The highest BCUT2D eigenvalue weighted by molar-refractivity contribution is 5.76. The lowest BCUT2D eigenvalue weighted by Gasteiger charge is -2.26. The van der Waals surface area contributed by atoms with Gasteiger partial charge in [-0.05, 0) is 44.9 Å². The molecular weight excluding hydrogens is 895 g/mol. The molecule has 0 bridgehead atoms. The minimum atomic E-state index is -1.14. The molecule has 0 aliphatic carbocycles. The summed E-state index contributed by atoms with van der Waals surface area (Å²) in [5.74, 6) is -0.137. The van der Waals surface area contributed by atoms with Crippen LogP contribution in [0.3, 0.4) is 0 Å². The van der Waals surface area contributed by atoms with Gasteiger partial charge >= 0.3 is 0 Å². The second-order valence-corrected chi connectivity index (χ2v) is 23.4. The molecule has 0 rings (SSSR count). The van der Waals surface area contributed by atoms with E-state index >= 15 is 0 Å². The zero-order valence-electron chi connectivity index (χ0n) is 49.8. The molecule has 0 saturated carbocycles. The zero-order chi connectivity index (χ0) is 52.9. The number of carbonyl (C=O) groups excluding carboxylic acids is 1. The van der Waals surface area contributed by atoms with Gasteiger partial charge in [-0.15, -0.1) is 0 Å². The lowest BCUT2D eigenvalue weighted by molar-refractivity contribution is -0.124. The Kier molecular flexibility index (Phi) is 62.3. The number of nitrogens with one attached hydrogen (secondary N) is 1. The van der Waals surface area contributed by atoms with Crippen molar-refractivity contribution >= 4 is 5.91 Å². The first kappa shape index (κ1) is 71.8. The van der Waals surface area contributed by atoms with E-state index in [9.17, 15) is 20.1 Å². The summed E-state index contributed by atoms with van der Waals surface area (Å²) >= 11 is 0. The van der Waals surface area contributed by atoms with Gasteiger partial charge in [-0.3, -0.25) is 4.79 Å². The molecule has 0 aliphatic heterocycles. The standard InChI is InChI=1S/C68H133NO4/c1-3-5-7-9-11-13-15-17-19-21-23-25-27-29-30-31-32-33-34-35-36-37-38-39-41-43-45-47-49-51-53-55-57-59-61-63-67(72)69-65(64-70)68(73)66(71)62-60-58-56-54-52-50-48-46-44-42-40-28-26-24-22-20-18-16-14-12-10-8-6-4-2/h27,29,31-32,65-66,68,70-71,73H,3-26,28,30,33-64H2,1-2H3,(H,69,72)/b29-27-,32-31-. The quantitative estimate of drug-likeness (QED) is 0.0361. The molecule has 5 heteroatoms. The number of unbranched alkanes of at least 4 members (excludes halogenated alkanes) is 51. The van der Waals surface area contributed by atoms with Crippen LogP contribution < -0.4 is 5.32 Å². The second-order valence-electron chi connectivity index (χ2n) is 23.4. The molecule has 73 heavy (non-hydrogen) atoms. The molecule has 3 atom stereocenters. The van der Waals surface area contributed by atoms with Crippen LogP contribution in [0.25, 0.3) is 0 Å². The highest BCUT2D eigenvalue weighted by Crippen LogP contribution is 2.19. The molecule has 3 unspecified atom stereocenters. The van der Waals surface area contributed by atoms with E-state index in [4.69, 9.17) is 0 Å². The minimum Gasteiger partial charge on any atom is -0.394 e. The Bertz CT molecular complexity index is 1090. The van der Waals surface area contributed by atoms with Crippen molar-refractivity contribution in [3.05, 3.63) is 24.3 Å². The first-order valence-corrected chi connectivity index (χ1v) is 33.6. The topological polar surface area (TPSA) is 89.8 Å². The van der Waals surface area contributed by atoms with Crippen LogP contribution in [0.2, 0.25) is 0 Å². The lowest BCUT2D eigenvalue weighted by Crippen LogP contribution is -2.50. The Labute approximate surface area is 458 Å². The lowest BCUT2D eigenvalue weighted by atomic mass is 9.99. The van der Waals surface area contributed by atoms with Crippen LogP contribution in [0.15, 0.2) is 24.3 Å². The Morgan fingerprint density at radius 1 is 0.342 bits per heavy atom. The molecule has 0 saturated heterocycles. The third-order valence-electron chi connectivity index (χ3n) is 16.1. The summed E-state index contributed by atoms with van der Waals surface area (Å²) in [7, 11) is 0. The third kappa shape index (κ3) is 58.4. The Morgan fingerprint density at radius 2 is 0.589 bits per heavy atom. The maximum atomic E-state index is 12.6. The maximum Gasteiger partial charge on any atom is 0.220 e. The summed E-state index contributed by atoms with van der Waals surface area (Å²) in [6.07, 6.45) is 82.4. The first-order chi connectivity index (χ1) is 36.1. The highest BCUT2D eigenvalue weighted by atomic mass is 16.3. The van der Waals surface area contributed by atoms with Crippen molar-refractivity contribution in [2.24, 2.45) is 0 Å². The SMILES string of the molecule is CCCCCCCCCCCCC/C=C\C/C=C\CCCCCCCCCCCCCCCCCCCC(=O)NC(CO)C(O)C(O)CCCCCCCCCCCCCCCCCCCCCCCCCC. The van der Waals surface area contributed by atoms with Gasteiger partial charge < -0.3 is 20.6 Å².